The summed E-state index contributed by atoms with van der Waals surface area (Å²) in [6.07, 6.45) is -0.612. The van der Waals surface area contributed by atoms with E-state index in [0.29, 0.717) is 6.61 Å². The zero-order valence-electron chi connectivity index (χ0n) is 6.87. The Kier molecular flexibility index (Phi) is 12.1. The van der Waals surface area contributed by atoms with Crippen LogP contribution in [-0.2, 0) is 4.74 Å². The Labute approximate surface area is 104 Å². The molecule has 2 N–H and O–H groups in total. The molecule has 2 atom stereocenters. The second kappa shape index (κ2) is 8.61. The van der Waals surface area contributed by atoms with Crippen molar-refractivity contribution in [3.8, 4) is 0 Å². The minimum atomic E-state index is -0.445. The second-order valence-electron chi connectivity index (χ2n) is 2.18. The normalized spacial score (nSPS) is 15.6. The molecule has 0 saturated heterocycles. The number of ether oxygens (including phenoxy) is 1. The van der Waals surface area contributed by atoms with Gasteiger partial charge in [-0.2, -0.15) is 0 Å². The molecule has 0 aromatic carbocycles. The van der Waals surface area contributed by atoms with Crippen molar-refractivity contribution < 1.29 is 14.9 Å². The maximum Gasteiger partial charge on any atom is 0.0779 e. The SMILES string of the molecule is CC(O)COC(C)CO.[K]. The molecule has 2 unspecified atom stereocenters. The van der Waals surface area contributed by atoms with E-state index in [4.69, 9.17) is 14.9 Å². The van der Waals surface area contributed by atoms with Crippen LogP contribution in [0.25, 0.3) is 0 Å². The molecule has 0 aliphatic heterocycles. The molecule has 0 amide bonds. The number of hydrogen-bond donors (Lipinski definition) is 2. The van der Waals surface area contributed by atoms with Crippen molar-refractivity contribution in [1.29, 1.82) is 0 Å². The molecule has 0 fully saturated rings. The first-order chi connectivity index (χ1) is 4.16. The predicted molar refractivity (Wildman–Crippen MR) is 39.9 cm³/mol. The molecule has 0 heterocycles. The fourth-order valence-electron chi connectivity index (χ4n) is 0.356. The van der Waals surface area contributed by atoms with Crippen molar-refractivity contribution in [3.63, 3.8) is 0 Å². The van der Waals surface area contributed by atoms with Gasteiger partial charge in [-0.15, -0.1) is 0 Å². The van der Waals surface area contributed by atoms with Crippen molar-refractivity contribution >= 4 is 51.4 Å². The quantitative estimate of drug-likeness (QED) is 0.557. The summed E-state index contributed by atoms with van der Waals surface area (Å²) in [6, 6.07) is 0. The Morgan fingerprint density at radius 1 is 1.40 bits per heavy atom. The summed E-state index contributed by atoms with van der Waals surface area (Å²) < 4.78 is 4.95. The smallest absolute Gasteiger partial charge is 0.0779 e. The molecular formula is C6H14KO3. The zero-order chi connectivity index (χ0) is 7.28. The Bertz CT molecular complexity index is 68.0. The van der Waals surface area contributed by atoms with Crippen LogP contribution in [0.1, 0.15) is 13.8 Å². The molecule has 1 radical (unpaired) electrons. The molecule has 0 aliphatic carbocycles. The van der Waals surface area contributed by atoms with Gasteiger partial charge in [-0.3, -0.25) is 0 Å². The minimum absolute atomic E-state index is 0. The van der Waals surface area contributed by atoms with Gasteiger partial charge >= 0.3 is 0 Å². The predicted octanol–water partition coefficient (Wildman–Crippen LogP) is -0.616. The first-order valence-electron chi connectivity index (χ1n) is 3.07. The Morgan fingerprint density at radius 3 is 2.20 bits per heavy atom. The molecule has 0 aromatic heterocycles. The summed E-state index contributed by atoms with van der Waals surface area (Å²) in [5, 5.41) is 17.1. The monoisotopic (exact) mass is 173 g/mol. The molecular weight excluding hydrogens is 159 g/mol. The third-order valence-electron chi connectivity index (χ3n) is 0.879. The molecule has 0 rings (SSSR count). The van der Waals surface area contributed by atoms with Crippen LogP contribution >= 0.6 is 0 Å². The minimum Gasteiger partial charge on any atom is -0.394 e. The molecule has 0 bridgehead atoms. The molecule has 10 heavy (non-hydrogen) atoms. The van der Waals surface area contributed by atoms with Crippen LogP contribution in [-0.4, -0.2) is 87.0 Å². The number of hydrogen-bond acceptors (Lipinski definition) is 3. The van der Waals surface area contributed by atoms with Crippen molar-refractivity contribution in [2.24, 2.45) is 0 Å². The van der Waals surface area contributed by atoms with Gasteiger partial charge in [0.1, 0.15) is 0 Å². The van der Waals surface area contributed by atoms with Crippen LogP contribution in [0.15, 0.2) is 0 Å². The van der Waals surface area contributed by atoms with Crippen LogP contribution in [0.3, 0.4) is 0 Å². The molecule has 0 saturated carbocycles. The first kappa shape index (κ1) is 14.1. The van der Waals surface area contributed by atoms with Crippen LogP contribution in [0.5, 0.6) is 0 Å². The van der Waals surface area contributed by atoms with Gasteiger partial charge in [-0.1, -0.05) is 0 Å². The second-order valence-corrected chi connectivity index (χ2v) is 2.18. The van der Waals surface area contributed by atoms with E-state index in [2.05, 4.69) is 0 Å². The summed E-state index contributed by atoms with van der Waals surface area (Å²) in [7, 11) is 0. The van der Waals surface area contributed by atoms with E-state index in [1.165, 1.54) is 0 Å². The van der Waals surface area contributed by atoms with E-state index in [9.17, 15) is 0 Å². The van der Waals surface area contributed by atoms with Gasteiger partial charge in [0, 0.05) is 51.4 Å². The summed E-state index contributed by atoms with van der Waals surface area (Å²) in [6.45, 7) is 3.70. The van der Waals surface area contributed by atoms with Crippen molar-refractivity contribution in [2.45, 2.75) is 26.1 Å². The maximum absolute atomic E-state index is 8.69. The third-order valence-corrected chi connectivity index (χ3v) is 0.879. The molecule has 3 nitrogen and oxygen atoms in total. The number of rotatable bonds is 4. The van der Waals surface area contributed by atoms with Gasteiger partial charge in [0.25, 0.3) is 0 Å². The zero-order valence-corrected chi connectivity index (χ0v) is 9.99. The van der Waals surface area contributed by atoms with E-state index in [0.717, 1.165) is 0 Å². The molecule has 0 aliphatic rings. The van der Waals surface area contributed by atoms with Crippen LogP contribution < -0.4 is 0 Å². The fourth-order valence-corrected chi connectivity index (χ4v) is 0.356. The van der Waals surface area contributed by atoms with Crippen LogP contribution in [0, 0.1) is 0 Å². The first-order valence-corrected chi connectivity index (χ1v) is 3.07. The van der Waals surface area contributed by atoms with Gasteiger partial charge in [-0.05, 0) is 13.8 Å². The van der Waals surface area contributed by atoms with E-state index >= 15 is 0 Å². The average Bonchev–Trinajstić information content (AvgIpc) is 1.83. The Hall–Kier alpha value is 1.52. The number of aliphatic hydroxyl groups is 2. The molecule has 4 heteroatoms. The fraction of sp³-hybridized carbons (Fsp3) is 1.00. The van der Waals surface area contributed by atoms with Crippen LogP contribution in [0.2, 0.25) is 0 Å². The maximum atomic E-state index is 8.69. The van der Waals surface area contributed by atoms with Crippen LogP contribution in [0.4, 0.5) is 0 Å². The van der Waals surface area contributed by atoms with Crippen molar-refractivity contribution in [2.75, 3.05) is 13.2 Å². The summed E-state index contributed by atoms with van der Waals surface area (Å²) in [4.78, 5) is 0. The largest absolute Gasteiger partial charge is 0.394 e. The summed E-state index contributed by atoms with van der Waals surface area (Å²) >= 11 is 0. The molecule has 0 spiro atoms. The van der Waals surface area contributed by atoms with Gasteiger partial charge in [-0.25, -0.2) is 0 Å². The summed E-state index contributed by atoms with van der Waals surface area (Å²) in [5.74, 6) is 0. The van der Waals surface area contributed by atoms with E-state index in [1.54, 1.807) is 13.8 Å². The van der Waals surface area contributed by atoms with E-state index < -0.39 is 6.10 Å². The van der Waals surface area contributed by atoms with Gasteiger partial charge < -0.3 is 14.9 Å². The standard InChI is InChI=1S/C6H14O3.K/c1-5(8)4-9-6(2)3-7;/h5-8H,3-4H2,1-2H3;. The van der Waals surface area contributed by atoms with Gasteiger partial charge in [0.2, 0.25) is 0 Å². The molecule has 0 aromatic rings. The third kappa shape index (κ3) is 9.52. The topological polar surface area (TPSA) is 49.7 Å². The molecule has 57 valence electrons. The van der Waals surface area contributed by atoms with Gasteiger partial charge in [0.15, 0.2) is 0 Å². The number of aliphatic hydroxyl groups excluding tert-OH is 2. The van der Waals surface area contributed by atoms with Crippen molar-refractivity contribution in [1.82, 2.24) is 0 Å². The summed E-state index contributed by atoms with van der Waals surface area (Å²) in [5.41, 5.74) is 0. The Balaban J connectivity index is 0. The Morgan fingerprint density at radius 2 is 1.90 bits per heavy atom. The van der Waals surface area contributed by atoms with Gasteiger partial charge in [0.05, 0.1) is 25.4 Å². The average molecular weight is 173 g/mol. The van der Waals surface area contributed by atoms with Crippen molar-refractivity contribution in [3.05, 3.63) is 0 Å². The van der Waals surface area contributed by atoms with E-state index in [1.807, 2.05) is 0 Å². The van der Waals surface area contributed by atoms with E-state index in [-0.39, 0.29) is 64.1 Å².